The normalized spacial score (nSPS) is 11.2. The van der Waals surface area contributed by atoms with Crippen LogP contribution in [0.15, 0.2) is 42.5 Å². The van der Waals surface area contributed by atoms with E-state index < -0.39 is 11.7 Å². The molecule has 0 aliphatic carbocycles. The standard InChI is InChI=1S/C21H22N2O2/c1-21(2,3)25-20(24)22-13-7-6-8-15-11-12-19-17(14-15)16-9-4-5-10-18(16)23-19/h4-5,9-12,14,23H,7,13H2,1-3H3,(H,22,24). The summed E-state index contributed by atoms with van der Waals surface area (Å²) in [6.07, 6.45) is 0.167. The average molecular weight is 334 g/mol. The van der Waals surface area contributed by atoms with Crippen molar-refractivity contribution in [1.29, 1.82) is 0 Å². The summed E-state index contributed by atoms with van der Waals surface area (Å²) >= 11 is 0. The molecule has 3 rings (SSSR count). The highest BCUT2D eigenvalue weighted by Gasteiger charge is 2.15. The van der Waals surface area contributed by atoms with E-state index in [1.54, 1.807) is 0 Å². The van der Waals surface area contributed by atoms with Gasteiger partial charge in [0.15, 0.2) is 0 Å². The quantitative estimate of drug-likeness (QED) is 0.532. The molecule has 0 atom stereocenters. The number of carbonyl (C=O) groups excluding carboxylic acids is 1. The highest BCUT2D eigenvalue weighted by Crippen LogP contribution is 2.25. The fourth-order valence-electron chi connectivity index (χ4n) is 2.63. The third-order valence-corrected chi connectivity index (χ3v) is 3.66. The number of hydrogen-bond acceptors (Lipinski definition) is 2. The molecular weight excluding hydrogens is 312 g/mol. The van der Waals surface area contributed by atoms with Crippen molar-refractivity contribution >= 4 is 27.9 Å². The molecule has 1 amide bonds. The van der Waals surface area contributed by atoms with Crippen molar-refractivity contribution in [1.82, 2.24) is 10.3 Å². The Morgan fingerprint density at radius 3 is 2.68 bits per heavy atom. The van der Waals surface area contributed by atoms with Crippen LogP contribution >= 0.6 is 0 Å². The minimum absolute atomic E-state index is 0.408. The number of H-pyrrole nitrogens is 1. The molecule has 128 valence electrons. The molecule has 3 aromatic rings. The van der Waals surface area contributed by atoms with Crippen LogP contribution in [-0.4, -0.2) is 23.2 Å². The summed E-state index contributed by atoms with van der Waals surface area (Å²) in [5.74, 6) is 6.25. The maximum absolute atomic E-state index is 11.5. The predicted octanol–water partition coefficient (Wildman–Crippen LogP) is 4.59. The molecule has 0 aliphatic rings. The molecule has 0 spiro atoms. The molecule has 1 aromatic heterocycles. The number of nitrogens with one attached hydrogen (secondary N) is 2. The van der Waals surface area contributed by atoms with Crippen molar-refractivity contribution in [2.75, 3.05) is 6.54 Å². The first-order valence-corrected chi connectivity index (χ1v) is 8.38. The van der Waals surface area contributed by atoms with E-state index in [-0.39, 0.29) is 0 Å². The van der Waals surface area contributed by atoms with Gasteiger partial charge in [-0.15, -0.1) is 0 Å². The Labute approximate surface area is 147 Å². The van der Waals surface area contributed by atoms with Crippen LogP contribution in [0.25, 0.3) is 21.8 Å². The summed E-state index contributed by atoms with van der Waals surface area (Å²) in [5.41, 5.74) is 2.72. The van der Waals surface area contributed by atoms with Gasteiger partial charge in [0, 0.05) is 40.3 Å². The zero-order valence-corrected chi connectivity index (χ0v) is 14.8. The lowest BCUT2D eigenvalue weighted by molar-refractivity contribution is 0.0529. The third kappa shape index (κ3) is 4.33. The van der Waals surface area contributed by atoms with Crippen molar-refractivity contribution in [3.05, 3.63) is 48.0 Å². The van der Waals surface area contributed by atoms with Gasteiger partial charge < -0.3 is 15.0 Å². The molecule has 0 aliphatic heterocycles. The number of benzene rings is 2. The zero-order valence-electron chi connectivity index (χ0n) is 14.8. The Hall–Kier alpha value is -2.93. The predicted molar refractivity (Wildman–Crippen MR) is 102 cm³/mol. The number of rotatable bonds is 2. The van der Waals surface area contributed by atoms with Crippen LogP contribution < -0.4 is 5.32 Å². The minimum Gasteiger partial charge on any atom is -0.444 e. The number of aromatic nitrogens is 1. The highest BCUT2D eigenvalue weighted by atomic mass is 16.6. The van der Waals surface area contributed by atoms with Crippen LogP contribution in [0.3, 0.4) is 0 Å². The Balaban J connectivity index is 1.63. The van der Waals surface area contributed by atoms with E-state index in [0.717, 1.165) is 16.6 Å². The van der Waals surface area contributed by atoms with Crippen molar-refractivity contribution in [3.8, 4) is 11.8 Å². The lowest BCUT2D eigenvalue weighted by Gasteiger charge is -2.19. The largest absolute Gasteiger partial charge is 0.444 e. The summed E-state index contributed by atoms with van der Waals surface area (Å²) < 4.78 is 5.18. The van der Waals surface area contributed by atoms with Crippen LogP contribution in [0.1, 0.15) is 32.8 Å². The van der Waals surface area contributed by atoms with Crippen LogP contribution in [0, 0.1) is 11.8 Å². The second-order valence-corrected chi connectivity index (χ2v) is 6.91. The molecule has 25 heavy (non-hydrogen) atoms. The van der Waals surface area contributed by atoms with Gasteiger partial charge in [-0.2, -0.15) is 0 Å². The first-order valence-electron chi connectivity index (χ1n) is 8.38. The SMILES string of the molecule is CC(C)(C)OC(=O)NCCC#Cc1ccc2[nH]c3ccccc3c2c1. The van der Waals surface area contributed by atoms with Gasteiger partial charge in [0.1, 0.15) is 5.60 Å². The van der Waals surface area contributed by atoms with Gasteiger partial charge in [0.25, 0.3) is 0 Å². The van der Waals surface area contributed by atoms with E-state index in [9.17, 15) is 4.79 Å². The fourth-order valence-corrected chi connectivity index (χ4v) is 2.63. The van der Waals surface area contributed by atoms with E-state index in [4.69, 9.17) is 4.74 Å². The maximum atomic E-state index is 11.5. The smallest absolute Gasteiger partial charge is 0.407 e. The molecule has 0 bridgehead atoms. The van der Waals surface area contributed by atoms with Gasteiger partial charge in [-0.05, 0) is 45.0 Å². The van der Waals surface area contributed by atoms with Crippen LogP contribution in [-0.2, 0) is 4.74 Å². The monoisotopic (exact) mass is 334 g/mol. The summed E-state index contributed by atoms with van der Waals surface area (Å²) in [5, 5.41) is 5.08. The number of amides is 1. The van der Waals surface area contributed by atoms with Crippen LogP contribution in [0.2, 0.25) is 0 Å². The maximum Gasteiger partial charge on any atom is 0.407 e. The molecular formula is C21H22N2O2. The second-order valence-electron chi connectivity index (χ2n) is 6.91. The summed E-state index contributed by atoms with van der Waals surface area (Å²) in [7, 11) is 0. The fraction of sp³-hybridized carbons (Fsp3) is 0.286. The Bertz CT molecular complexity index is 968. The number of carbonyl (C=O) groups is 1. The molecule has 0 unspecified atom stereocenters. The van der Waals surface area contributed by atoms with Crippen LogP contribution in [0.5, 0.6) is 0 Å². The Morgan fingerprint density at radius 2 is 1.88 bits per heavy atom. The van der Waals surface area contributed by atoms with E-state index >= 15 is 0 Å². The molecule has 2 aromatic carbocycles. The molecule has 0 radical (unpaired) electrons. The van der Waals surface area contributed by atoms with Gasteiger partial charge in [0.2, 0.25) is 0 Å². The van der Waals surface area contributed by atoms with E-state index in [1.165, 1.54) is 10.8 Å². The molecule has 1 heterocycles. The number of hydrogen-bond donors (Lipinski definition) is 2. The van der Waals surface area contributed by atoms with Crippen molar-refractivity contribution < 1.29 is 9.53 Å². The number of aromatic amines is 1. The van der Waals surface area contributed by atoms with Crippen molar-refractivity contribution in [2.24, 2.45) is 0 Å². The lowest BCUT2D eigenvalue weighted by atomic mass is 10.1. The number of para-hydroxylation sites is 1. The summed E-state index contributed by atoms with van der Waals surface area (Å²) in [6, 6.07) is 14.4. The summed E-state index contributed by atoms with van der Waals surface area (Å²) in [4.78, 5) is 15.0. The van der Waals surface area contributed by atoms with E-state index in [0.29, 0.717) is 13.0 Å². The minimum atomic E-state index is -0.482. The summed E-state index contributed by atoms with van der Waals surface area (Å²) in [6.45, 7) is 5.99. The first kappa shape index (κ1) is 16.9. The van der Waals surface area contributed by atoms with E-state index in [2.05, 4.69) is 46.4 Å². The number of ether oxygens (including phenoxy) is 1. The average Bonchev–Trinajstić information content (AvgIpc) is 2.91. The molecule has 0 saturated carbocycles. The second kappa shape index (κ2) is 6.90. The van der Waals surface area contributed by atoms with Gasteiger partial charge in [-0.3, -0.25) is 0 Å². The van der Waals surface area contributed by atoms with Gasteiger partial charge >= 0.3 is 6.09 Å². The van der Waals surface area contributed by atoms with E-state index in [1.807, 2.05) is 39.0 Å². The Morgan fingerprint density at radius 1 is 1.12 bits per heavy atom. The van der Waals surface area contributed by atoms with Gasteiger partial charge in [-0.25, -0.2) is 4.79 Å². The molecule has 0 fully saturated rings. The molecule has 4 nitrogen and oxygen atoms in total. The number of alkyl carbamates (subject to hydrolysis) is 1. The molecule has 2 N–H and O–H groups in total. The molecule has 0 saturated heterocycles. The van der Waals surface area contributed by atoms with Crippen molar-refractivity contribution in [2.45, 2.75) is 32.8 Å². The lowest BCUT2D eigenvalue weighted by Crippen LogP contribution is -2.32. The zero-order chi connectivity index (χ0) is 17.9. The number of fused-ring (bicyclic) bond motifs is 3. The van der Waals surface area contributed by atoms with Gasteiger partial charge in [0.05, 0.1) is 0 Å². The van der Waals surface area contributed by atoms with Gasteiger partial charge in [-0.1, -0.05) is 30.0 Å². The Kier molecular flexibility index (Phi) is 4.67. The first-order chi connectivity index (χ1) is 11.9. The topological polar surface area (TPSA) is 54.1 Å². The third-order valence-electron chi connectivity index (χ3n) is 3.66. The highest BCUT2D eigenvalue weighted by molar-refractivity contribution is 6.07. The molecule has 4 heteroatoms. The van der Waals surface area contributed by atoms with Crippen LogP contribution in [0.4, 0.5) is 4.79 Å². The van der Waals surface area contributed by atoms with Crippen molar-refractivity contribution in [3.63, 3.8) is 0 Å².